The zero-order valence-corrected chi connectivity index (χ0v) is 30.5. The minimum Gasteiger partial charge on any atom is -0.444 e. The van der Waals surface area contributed by atoms with Gasteiger partial charge >= 0.3 is 6.09 Å². The Bertz CT molecular complexity index is 1790. The lowest BCUT2D eigenvalue weighted by molar-refractivity contribution is -0.162. The van der Waals surface area contributed by atoms with Gasteiger partial charge in [0.2, 0.25) is 5.91 Å². The number of fused-ring (bicyclic) bond motifs is 1. The molecule has 270 valence electrons. The van der Waals surface area contributed by atoms with Gasteiger partial charge in [0, 0.05) is 55.9 Å². The van der Waals surface area contributed by atoms with Crippen molar-refractivity contribution in [1.82, 2.24) is 14.4 Å². The predicted octanol–water partition coefficient (Wildman–Crippen LogP) is 8.77. The van der Waals surface area contributed by atoms with Crippen LogP contribution in [0.2, 0.25) is 0 Å². The molecule has 3 fully saturated rings. The number of hydrogen-bond donors (Lipinski definition) is 0. The fourth-order valence-corrected chi connectivity index (χ4v) is 7.77. The number of likely N-dealkylation sites (tertiary alicyclic amines) is 1. The van der Waals surface area contributed by atoms with E-state index in [0.717, 1.165) is 73.9 Å². The number of piperidine rings is 1. The van der Waals surface area contributed by atoms with Crippen LogP contribution in [0.25, 0.3) is 22.0 Å². The van der Waals surface area contributed by atoms with Crippen LogP contribution in [0, 0.1) is 5.92 Å². The van der Waals surface area contributed by atoms with Crippen LogP contribution < -0.4 is 0 Å². The highest BCUT2D eigenvalue weighted by molar-refractivity contribution is 5.86. The lowest BCUT2D eigenvalue weighted by atomic mass is 9.79. The number of carbonyl (C=O) groups excluding carboxylic acids is 2. The van der Waals surface area contributed by atoms with Crippen LogP contribution in [0.4, 0.5) is 4.79 Å². The number of rotatable bonds is 11. The second-order valence-corrected chi connectivity index (χ2v) is 15.5. The molecule has 8 heteroatoms. The van der Waals surface area contributed by atoms with E-state index in [1.807, 2.05) is 26.8 Å². The van der Waals surface area contributed by atoms with Crippen molar-refractivity contribution >= 4 is 22.9 Å². The first-order valence-electron chi connectivity index (χ1n) is 19.0. The van der Waals surface area contributed by atoms with Gasteiger partial charge < -0.3 is 28.6 Å². The van der Waals surface area contributed by atoms with Crippen molar-refractivity contribution in [3.05, 3.63) is 96.2 Å². The van der Waals surface area contributed by atoms with E-state index < -0.39 is 5.60 Å². The number of ether oxygens (including phenoxy) is 3. The lowest BCUT2D eigenvalue weighted by Crippen LogP contribution is -2.51. The summed E-state index contributed by atoms with van der Waals surface area (Å²) in [5.41, 5.74) is 5.16. The highest BCUT2D eigenvalue weighted by Crippen LogP contribution is 2.40. The van der Waals surface area contributed by atoms with Crippen molar-refractivity contribution in [3.8, 4) is 11.1 Å². The summed E-state index contributed by atoms with van der Waals surface area (Å²) in [7, 11) is 0. The Labute approximate surface area is 302 Å². The molecule has 1 aliphatic carbocycles. The summed E-state index contributed by atoms with van der Waals surface area (Å²) in [4.78, 5) is 32.2. The van der Waals surface area contributed by atoms with E-state index in [1.54, 1.807) is 4.90 Å². The Hall–Kier alpha value is -4.14. The van der Waals surface area contributed by atoms with Crippen LogP contribution in [0.3, 0.4) is 0 Å². The van der Waals surface area contributed by atoms with Gasteiger partial charge in [0.1, 0.15) is 5.60 Å². The summed E-state index contributed by atoms with van der Waals surface area (Å²) in [6, 6.07) is 27.7. The third kappa shape index (κ3) is 8.67. The van der Waals surface area contributed by atoms with Gasteiger partial charge in [-0.3, -0.25) is 4.79 Å². The van der Waals surface area contributed by atoms with Crippen molar-refractivity contribution in [2.24, 2.45) is 5.92 Å². The highest BCUT2D eigenvalue weighted by Gasteiger charge is 2.43. The molecule has 3 aromatic carbocycles. The molecule has 2 amide bonds. The fraction of sp³-hybridized carbons (Fsp3) is 0.488. The van der Waals surface area contributed by atoms with Crippen LogP contribution in [0.5, 0.6) is 0 Å². The molecule has 3 aliphatic rings. The molecule has 1 unspecified atom stereocenters. The molecule has 1 saturated carbocycles. The Morgan fingerprint density at radius 2 is 1.69 bits per heavy atom. The number of hydrogen-bond acceptors (Lipinski definition) is 5. The number of benzene rings is 3. The molecule has 3 heterocycles. The molecule has 7 rings (SSSR count). The summed E-state index contributed by atoms with van der Waals surface area (Å²) in [6.45, 7) is 9.36. The molecule has 2 aliphatic heterocycles. The van der Waals surface area contributed by atoms with Crippen LogP contribution in [0.15, 0.2) is 85.1 Å². The Morgan fingerprint density at radius 3 is 2.45 bits per heavy atom. The normalized spacial score (nSPS) is 21.1. The van der Waals surface area contributed by atoms with E-state index in [0.29, 0.717) is 32.7 Å². The maximum absolute atomic E-state index is 15.0. The average Bonchev–Trinajstić information content (AvgIpc) is 3.94. The van der Waals surface area contributed by atoms with Crippen LogP contribution in [-0.2, 0) is 32.1 Å². The van der Waals surface area contributed by atoms with E-state index in [9.17, 15) is 9.59 Å². The summed E-state index contributed by atoms with van der Waals surface area (Å²) < 4.78 is 19.9. The first-order valence-corrected chi connectivity index (χ1v) is 19.0. The number of carbonyl (C=O) groups is 2. The molecule has 1 aromatic heterocycles. The summed E-state index contributed by atoms with van der Waals surface area (Å²) in [6.07, 6.45) is 8.63. The van der Waals surface area contributed by atoms with E-state index in [1.165, 1.54) is 10.9 Å². The SMILES string of the molecule is CC(C)(C)OC(=O)N1CC[C@H](c2cccc(-c3ccccc3)c2)[C@@H](C(=O)N(Cc2cn(CCCOC3CCCCO3)c3ccccc23)C2CC2)C1. The van der Waals surface area contributed by atoms with Gasteiger partial charge in [-0.05, 0) is 100.0 Å². The minimum atomic E-state index is -0.610. The van der Waals surface area contributed by atoms with E-state index in [4.69, 9.17) is 14.2 Å². The molecule has 0 N–H and O–H groups in total. The topological polar surface area (TPSA) is 73.2 Å². The predicted molar refractivity (Wildman–Crippen MR) is 200 cm³/mol. The molecule has 51 heavy (non-hydrogen) atoms. The molecular formula is C43H53N3O5. The largest absolute Gasteiger partial charge is 0.444 e. The van der Waals surface area contributed by atoms with E-state index >= 15 is 0 Å². The Balaban J connectivity index is 1.14. The van der Waals surface area contributed by atoms with Gasteiger partial charge in [0.25, 0.3) is 0 Å². The van der Waals surface area contributed by atoms with Crippen LogP contribution in [-0.4, -0.2) is 70.6 Å². The third-order valence-corrected chi connectivity index (χ3v) is 10.5. The van der Waals surface area contributed by atoms with Gasteiger partial charge in [-0.15, -0.1) is 0 Å². The molecule has 2 saturated heterocycles. The number of aromatic nitrogens is 1. The van der Waals surface area contributed by atoms with Crippen LogP contribution in [0.1, 0.15) is 82.8 Å². The molecular weight excluding hydrogens is 638 g/mol. The standard InChI is InChI=1S/C43H53N3O5/c1-43(2,3)51-42(48)45-24-22-36(33-16-11-15-32(27-33)31-13-5-4-6-14-31)38(30-45)41(47)46(35-20-21-35)29-34-28-44(39-18-8-7-17-37(34)39)23-12-26-50-40-19-9-10-25-49-40/h4-8,11,13-18,27-28,35-36,38,40H,9-10,12,19-26,29-30H2,1-3H3/t36-,38+,40?/m1/s1. The second-order valence-electron chi connectivity index (χ2n) is 15.5. The maximum atomic E-state index is 15.0. The Morgan fingerprint density at radius 1 is 0.902 bits per heavy atom. The van der Waals surface area contributed by atoms with Crippen molar-refractivity contribution in [1.29, 1.82) is 0 Å². The van der Waals surface area contributed by atoms with Crippen molar-refractivity contribution in [2.45, 2.75) is 103 Å². The molecule has 4 aromatic rings. The fourth-order valence-electron chi connectivity index (χ4n) is 7.77. The molecule has 0 radical (unpaired) electrons. The zero-order chi connectivity index (χ0) is 35.4. The molecule has 0 spiro atoms. The first-order chi connectivity index (χ1) is 24.7. The average molecular weight is 692 g/mol. The van der Waals surface area contributed by atoms with Crippen molar-refractivity contribution in [2.75, 3.05) is 26.3 Å². The number of nitrogens with zero attached hydrogens (tertiary/aromatic N) is 3. The van der Waals surface area contributed by atoms with Gasteiger partial charge in [0.05, 0.1) is 12.5 Å². The smallest absolute Gasteiger partial charge is 0.410 e. The number of para-hydroxylation sites is 1. The van der Waals surface area contributed by atoms with Crippen molar-refractivity contribution < 1.29 is 23.8 Å². The lowest BCUT2D eigenvalue weighted by Gasteiger charge is -2.40. The summed E-state index contributed by atoms with van der Waals surface area (Å²) in [5, 5.41) is 1.18. The first kappa shape index (κ1) is 35.3. The molecule has 8 nitrogen and oxygen atoms in total. The van der Waals surface area contributed by atoms with Gasteiger partial charge in [0.15, 0.2) is 6.29 Å². The second kappa shape index (κ2) is 15.6. The van der Waals surface area contributed by atoms with Gasteiger partial charge in [-0.1, -0.05) is 72.8 Å². The maximum Gasteiger partial charge on any atom is 0.410 e. The summed E-state index contributed by atoms with van der Waals surface area (Å²) >= 11 is 0. The molecule has 3 atom stereocenters. The van der Waals surface area contributed by atoms with E-state index in [2.05, 4.69) is 88.5 Å². The number of aryl methyl sites for hydroxylation is 1. The van der Waals surface area contributed by atoms with Gasteiger partial charge in [-0.25, -0.2) is 4.79 Å². The van der Waals surface area contributed by atoms with Crippen molar-refractivity contribution in [3.63, 3.8) is 0 Å². The van der Waals surface area contributed by atoms with Crippen LogP contribution >= 0.6 is 0 Å². The third-order valence-electron chi connectivity index (χ3n) is 10.5. The van der Waals surface area contributed by atoms with E-state index in [-0.39, 0.29) is 36.2 Å². The molecule has 0 bridgehead atoms. The monoisotopic (exact) mass is 691 g/mol. The minimum absolute atomic E-state index is 0.0180. The quantitative estimate of drug-likeness (QED) is 0.147. The summed E-state index contributed by atoms with van der Waals surface area (Å²) in [5.74, 6) is -0.278. The number of amides is 2. The van der Waals surface area contributed by atoms with Gasteiger partial charge in [-0.2, -0.15) is 0 Å². The highest BCUT2D eigenvalue weighted by atomic mass is 16.7. The Kier molecular flexibility index (Phi) is 10.8. The zero-order valence-electron chi connectivity index (χ0n) is 30.5.